The fourth-order valence-corrected chi connectivity index (χ4v) is 2.27. The van der Waals surface area contributed by atoms with Gasteiger partial charge < -0.3 is 15.7 Å². The second-order valence-corrected chi connectivity index (χ2v) is 5.49. The maximum absolute atomic E-state index is 12.2. The first-order valence-corrected chi connectivity index (χ1v) is 7.32. The van der Waals surface area contributed by atoms with Crippen LogP contribution in [0.15, 0.2) is 30.6 Å². The first-order valence-electron chi connectivity index (χ1n) is 7.32. The standard InChI is InChI=1S/C16H22N4O2/c1-11(2)14-6-4-5-12(3)15(14)19-16(22)18-13-9-17-20(10-13)7-8-21/h4-6,9-11,21H,7-8H2,1-3H3,(H2,18,19,22). The van der Waals surface area contributed by atoms with E-state index in [2.05, 4.69) is 29.6 Å². The number of hydrogen-bond donors (Lipinski definition) is 3. The summed E-state index contributed by atoms with van der Waals surface area (Å²) in [6.07, 6.45) is 3.23. The van der Waals surface area contributed by atoms with Gasteiger partial charge in [-0.15, -0.1) is 0 Å². The number of aromatic nitrogens is 2. The van der Waals surface area contributed by atoms with Crippen LogP contribution in [-0.4, -0.2) is 27.5 Å². The second kappa shape index (κ2) is 7.09. The summed E-state index contributed by atoms with van der Waals surface area (Å²) >= 11 is 0. The van der Waals surface area contributed by atoms with Gasteiger partial charge in [0, 0.05) is 11.9 Å². The van der Waals surface area contributed by atoms with Gasteiger partial charge in [-0.25, -0.2) is 4.79 Å². The molecule has 0 bridgehead atoms. The molecule has 0 saturated heterocycles. The van der Waals surface area contributed by atoms with Crippen LogP contribution < -0.4 is 10.6 Å². The summed E-state index contributed by atoms with van der Waals surface area (Å²) in [5.74, 6) is 0.322. The Hall–Kier alpha value is -2.34. The normalized spacial score (nSPS) is 10.8. The lowest BCUT2D eigenvalue weighted by Gasteiger charge is -2.16. The van der Waals surface area contributed by atoms with Crippen LogP contribution in [0.3, 0.4) is 0 Å². The van der Waals surface area contributed by atoms with Gasteiger partial charge in [-0.2, -0.15) is 5.10 Å². The van der Waals surface area contributed by atoms with E-state index in [0.29, 0.717) is 18.2 Å². The van der Waals surface area contributed by atoms with E-state index >= 15 is 0 Å². The average Bonchev–Trinajstić information content (AvgIpc) is 2.88. The zero-order chi connectivity index (χ0) is 16.1. The highest BCUT2D eigenvalue weighted by molar-refractivity contribution is 6.00. The second-order valence-electron chi connectivity index (χ2n) is 5.49. The molecule has 0 spiro atoms. The van der Waals surface area contributed by atoms with E-state index in [4.69, 9.17) is 5.11 Å². The van der Waals surface area contributed by atoms with Gasteiger partial charge in [0.15, 0.2) is 0 Å². The van der Waals surface area contributed by atoms with Gasteiger partial charge in [0.25, 0.3) is 0 Å². The Morgan fingerprint density at radius 2 is 2.14 bits per heavy atom. The van der Waals surface area contributed by atoms with Crippen LogP contribution in [0.1, 0.15) is 30.9 Å². The number of benzene rings is 1. The van der Waals surface area contributed by atoms with Crippen molar-refractivity contribution in [2.24, 2.45) is 0 Å². The van der Waals surface area contributed by atoms with Crippen LogP contribution in [-0.2, 0) is 6.54 Å². The molecule has 0 aliphatic heterocycles. The topological polar surface area (TPSA) is 79.2 Å². The van der Waals surface area contributed by atoms with Crippen molar-refractivity contribution in [3.8, 4) is 0 Å². The minimum absolute atomic E-state index is 0.00821. The largest absolute Gasteiger partial charge is 0.394 e. The Bertz CT molecular complexity index is 649. The zero-order valence-corrected chi connectivity index (χ0v) is 13.1. The van der Waals surface area contributed by atoms with E-state index in [1.807, 2.05) is 25.1 Å². The Morgan fingerprint density at radius 3 is 2.82 bits per heavy atom. The molecule has 1 aromatic carbocycles. The lowest BCUT2D eigenvalue weighted by atomic mass is 9.98. The molecule has 1 heterocycles. The summed E-state index contributed by atoms with van der Waals surface area (Å²) in [4.78, 5) is 12.2. The Kier molecular flexibility index (Phi) is 5.16. The highest BCUT2D eigenvalue weighted by Crippen LogP contribution is 2.27. The van der Waals surface area contributed by atoms with E-state index in [1.165, 1.54) is 0 Å². The van der Waals surface area contributed by atoms with Crippen molar-refractivity contribution < 1.29 is 9.90 Å². The smallest absolute Gasteiger partial charge is 0.323 e. The maximum Gasteiger partial charge on any atom is 0.323 e. The van der Waals surface area contributed by atoms with Crippen LogP contribution in [0.5, 0.6) is 0 Å². The number of rotatable bonds is 5. The molecular formula is C16H22N4O2. The van der Waals surface area contributed by atoms with Gasteiger partial charge in [0.05, 0.1) is 25.0 Å². The molecule has 2 amide bonds. The fraction of sp³-hybridized carbons (Fsp3) is 0.375. The molecule has 2 rings (SSSR count). The van der Waals surface area contributed by atoms with Gasteiger partial charge in [0.1, 0.15) is 0 Å². The van der Waals surface area contributed by atoms with Crippen molar-refractivity contribution >= 4 is 17.4 Å². The van der Waals surface area contributed by atoms with E-state index in [0.717, 1.165) is 16.8 Å². The highest BCUT2D eigenvalue weighted by Gasteiger charge is 2.12. The predicted octanol–water partition coefficient (Wildman–Crippen LogP) is 2.95. The SMILES string of the molecule is Cc1cccc(C(C)C)c1NC(=O)Nc1cnn(CCO)c1. The first-order chi connectivity index (χ1) is 10.5. The molecule has 0 unspecified atom stereocenters. The number of urea groups is 1. The van der Waals surface area contributed by atoms with E-state index in [-0.39, 0.29) is 12.6 Å². The fourth-order valence-electron chi connectivity index (χ4n) is 2.27. The van der Waals surface area contributed by atoms with Crippen LogP contribution in [0, 0.1) is 6.92 Å². The summed E-state index contributed by atoms with van der Waals surface area (Å²) in [5, 5.41) is 18.6. The number of carbonyl (C=O) groups is 1. The molecule has 6 heteroatoms. The summed E-state index contributed by atoms with van der Waals surface area (Å²) in [6, 6.07) is 5.68. The van der Waals surface area contributed by atoms with Crippen molar-refractivity contribution in [2.45, 2.75) is 33.2 Å². The number of anilines is 2. The summed E-state index contributed by atoms with van der Waals surface area (Å²) in [7, 11) is 0. The van der Waals surface area contributed by atoms with Gasteiger partial charge >= 0.3 is 6.03 Å². The molecule has 0 fully saturated rings. The van der Waals surface area contributed by atoms with Gasteiger partial charge in [-0.3, -0.25) is 4.68 Å². The first kappa shape index (κ1) is 16.0. The number of aryl methyl sites for hydroxylation is 1. The van der Waals surface area contributed by atoms with Gasteiger partial charge in [-0.1, -0.05) is 32.0 Å². The number of nitrogens with one attached hydrogen (secondary N) is 2. The molecule has 0 atom stereocenters. The maximum atomic E-state index is 12.2. The molecular weight excluding hydrogens is 280 g/mol. The third-order valence-corrected chi connectivity index (χ3v) is 3.39. The number of amides is 2. The van der Waals surface area contributed by atoms with Crippen molar-refractivity contribution in [3.63, 3.8) is 0 Å². The Morgan fingerprint density at radius 1 is 1.36 bits per heavy atom. The van der Waals surface area contributed by atoms with Gasteiger partial charge in [0.2, 0.25) is 0 Å². The average molecular weight is 302 g/mol. The molecule has 0 radical (unpaired) electrons. The molecule has 22 heavy (non-hydrogen) atoms. The summed E-state index contributed by atoms with van der Waals surface area (Å²) in [6.45, 7) is 6.57. The van der Waals surface area contributed by atoms with E-state index in [9.17, 15) is 4.79 Å². The number of carbonyl (C=O) groups excluding carboxylic acids is 1. The number of aliphatic hydroxyl groups is 1. The molecule has 118 valence electrons. The van der Waals surface area contributed by atoms with Crippen molar-refractivity contribution in [3.05, 3.63) is 41.7 Å². The molecule has 0 saturated carbocycles. The minimum Gasteiger partial charge on any atom is -0.394 e. The Balaban J connectivity index is 2.08. The number of aliphatic hydroxyl groups excluding tert-OH is 1. The monoisotopic (exact) mass is 302 g/mol. The molecule has 1 aromatic heterocycles. The molecule has 3 N–H and O–H groups in total. The molecule has 0 aliphatic carbocycles. The molecule has 0 aliphatic rings. The minimum atomic E-state index is -0.306. The summed E-state index contributed by atoms with van der Waals surface area (Å²) < 4.78 is 1.57. The zero-order valence-electron chi connectivity index (χ0n) is 13.1. The third kappa shape index (κ3) is 3.85. The highest BCUT2D eigenvalue weighted by atomic mass is 16.3. The number of nitrogens with zero attached hydrogens (tertiary/aromatic N) is 2. The van der Waals surface area contributed by atoms with Crippen molar-refractivity contribution in [2.75, 3.05) is 17.2 Å². The van der Waals surface area contributed by atoms with Crippen molar-refractivity contribution in [1.82, 2.24) is 9.78 Å². The summed E-state index contributed by atoms with van der Waals surface area (Å²) in [5.41, 5.74) is 3.56. The van der Waals surface area contributed by atoms with Crippen LogP contribution in [0.25, 0.3) is 0 Å². The lowest BCUT2D eigenvalue weighted by Crippen LogP contribution is -2.21. The van der Waals surface area contributed by atoms with E-state index < -0.39 is 0 Å². The Labute approximate surface area is 130 Å². The predicted molar refractivity (Wildman–Crippen MR) is 87.2 cm³/mol. The quantitative estimate of drug-likeness (QED) is 0.794. The van der Waals surface area contributed by atoms with E-state index in [1.54, 1.807) is 17.1 Å². The van der Waals surface area contributed by atoms with Crippen LogP contribution >= 0.6 is 0 Å². The molecule has 2 aromatic rings. The van der Waals surface area contributed by atoms with Gasteiger partial charge in [-0.05, 0) is 24.0 Å². The third-order valence-electron chi connectivity index (χ3n) is 3.39. The number of para-hydroxylation sites is 1. The van der Waals surface area contributed by atoms with Crippen molar-refractivity contribution in [1.29, 1.82) is 0 Å². The van der Waals surface area contributed by atoms with Crippen LogP contribution in [0.4, 0.5) is 16.2 Å². The van der Waals surface area contributed by atoms with Crippen LogP contribution in [0.2, 0.25) is 0 Å². The molecule has 6 nitrogen and oxygen atoms in total. The number of hydrogen-bond acceptors (Lipinski definition) is 3. The lowest BCUT2D eigenvalue weighted by molar-refractivity contribution is 0.262.